The molecular weight excluding hydrogens is 1190 g/mol. The van der Waals surface area contributed by atoms with Crippen molar-refractivity contribution < 1.29 is 78.7 Å². The van der Waals surface area contributed by atoms with Crippen molar-refractivity contribution in [3.8, 4) is 0 Å². The summed E-state index contributed by atoms with van der Waals surface area (Å²) in [6, 6.07) is 0. The summed E-state index contributed by atoms with van der Waals surface area (Å²) in [6.45, 7) is 5.52. The Morgan fingerprint density at radius 1 is 0.223 bits per heavy atom. The summed E-state index contributed by atoms with van der Waals surface area (Å²) in [5.74, 6) is 0. The number of ether oxygens (including phenoxy) is 8. The van der Waals surface area contributed by atoms with Crippen LogP contribution < -0.4 is 0 Å². The number of hydrogen-bond acceptors (Lipinski definition) is 16. The summed E-state index contributed by atoms with van der Waals surface area (Å²) >= 11 is 0. The molecule has 0 aromatic rings. The van der Waals surface area contributed by atoms with E-state index in [4.69, 9.17) is 37.9 Å². The molecular formula is C78H154O16. The molecule has 0 bridgehead atoms. The number of hydrogen-bond donors (Lipinski definition) is 8. The standard InChI is InChI=1S/C78H154O16/c1-3-5-7-9-11-13-15-17-19-21-23-25-27-29-31-33-35-37-39-41-43-45-47-49-51-53-55-57-59-91-77-71(83)67(79)69(81)73(93-77)75(85)89-65-63-87-61-62-88-64-66-90-76(86)74-70(82)68(80)72(84)78(94-74)92-60-58-56-54-52-50-48-46-44-42-40-38-36-34-32-30-28-26-24-22-20-18-16-14-12-10-8-6-4-2/h67-86H,3-66H2,1-2H3/t67-,68-,69-,70-,71+,72+,73-,74-,75?,76?,77+,78+/m0/s1. The fourth-order valence-electron chi connectivity index (χ4n) is 13.4. The summed E-state index contributed by atoms with van der Waals surface area (Å²) in [7, 11) is 0. The van der Waals surface area contributed by atoms with Crippen LogP contribution in [0.1, 0.15) is 373 Å². The Morgan fingerprint density at radius 3 is 0.606 bits per heavy atom. The molecule has 8 N–H and O–H groups in total. The molecule has 2 unspecified atom stereocenters. The third-order valence-electron chi connectivity index (χ3n) is 19.7. The van der Waals surface area contributed by atoms with Gasteiger partial charge in [-0.15, -0.1) is 0 Å². The van der Waals surface area contributed by atoms with Gasteiger partial charge < -0.3 is 78.7 Å². The highest BCUT2D eigenvalue weighted by Gasteiger charge is 2.48. The van der Waals surface area contributed by atoms with Crippen molar-refractivity contribution in [2.45, 2.75) is 447 Å². The molecule has 0 spiro atoms. The molecule has 94 heavy (non-hydrogen) atoms. The maximum absolute atomic E-state index is 10.7. The fourth-order valence-corrected chi connectivity index (χ4v) is 13.4. The minimum Gasteiger partial charge on any atom is -0.387 e. The van der Waals surface area contributed by atoms with Gasteiger partial charge in [0.15, 0.2) is 25.2 Å². The largest absolute Gasteiger partial charge is 0.387 e. The zero-order valence-corrected chi connectivity index (χ0v) is 61.0. The lowest BCUT2D eigenvalue weighted by atomic mass is 9.98. The van der Waals surface area contributed by atoms with E-state index < -0.39 is 74.0 Å². The predicted molar refractivity (Wildman–Crippen MR) is 381 cm³/mol. The Morgan fingerprint density at radius 2 is 0.404 bits per heavy atom. The van der Waals surface area contributed by atoms with Crippen molar-refractivity contribution in [3.05, 3.63) is 0 Å². The highest BCUT2D eigenvalue weighted by Crippen LogP contribution is 2.28. The van der Waals surface area contributed by atoms with Gasteiger partial charge in [0.05, 0.1) is 39.6 Å². The molecule has 0 aromatic carbocycles. The Hall–Kier alpha value is -0.640. The van der Waals surface area contributed by atoms with Crippen molar-refractivity contribution in [1.82, 2.24) is 0 Å². The second kappa shape index (κ2) is 66.9. The molecule has 0 aromatic heterocycles. The van der Waals surface area contributed by atoms with E-state index in [1.807, 2.05) is 0 Å². The molecule has 2 saturated heterocycles. The second-order valence-corrected chi connectivity index (χ2v) is 28.5. The fraction of sp³-hybridized carbons (Fsp3) is 1.00. The molecule has 0 aliphatic carbocycles. The molecule has 0 amide bonds. The van der Waals surface area contributed by atoms with Gasteiger partial charge in [-0.2, -0.15) is 0 Å². The average molecular weight is 1350 g/mol. The monoisotopic (exact) mass is 1350 g/mol. The van der Waals surface area contributed by atoms with E-state index >= 15 is 0 Å². The Balaban J connectivity index is 1.37. The second-order valence-electron chi connectivity index (χ2n) is 28.5. The third-order valence-corrected chi connectivity index (χ3v) is 19.7. The van der Waals surface area contributed by atoms with Crippen LogP contribution in [0.25, 0.3) is 0 Å². The van der Waals surface area contributed by atoms with Gasteiger partial charge in [0, 0.05) is 13.2 Å². The number of aliphatic hydroxyl groups is 8. The summed E-state index contributed by atoms with van der Waals surface area (Å²) in [5.41, 5.74) is 0. The summed E-state index contributed by atoms with van der Waals surface area (Å²) in [5, 5.41) is 84.6. The lowest BCUT2D eigenvalue weighted by Crippen LogP contribution is -2.61. The highest BCUT2D eigenvalue weighted by atomic mass is 16.7. The molecule has 12 atom stereocenters. The lowest BCUT2D eigenvalue weighted by Gasteiger charge is -2.41. The molecule has 2 heterocycles. The van der Waals surface area contributed by atoms with Crippen molar-refractivity contribution in [1.29, 1.82) is 0 Å². The molecule has 2 aliphatic rings. The van der Waals surface area contributed by atoms with Gasteiger partial charge in [0.25, 0.3) is 0 Å². The highest BCUT2D eigenvalue weighted by molar-refractivity contribution is 4.91. The van der Waals surface area contributed by atoms with Crippen LogP contribution in [0.4, 0.5) is 0 Å². The minimum absolute atomic E-state index is 0.0667. The van der Waals surface area contributed by atoms with Gasteiger partial charge in [-0.1, -0.05) is 361 Å². The van der Waals surface area contributed by atoms with E-state index in [1.54, 1.807) is 0 Å². The molecule has 0 saturated carbocycles. The number of unbranched alkanes of at least 4 members (excludes halogenated alkanes) is 54. The van der Waals surface area contributed by atoms with Crippen LogP contribution in [0.3, 0.4) is 0 Å². The quantitative estimate of drug-likeness (QED) is 0.0209. The topological polar surface area (TPSA) is 236 Å². The first-order valence-electron chi connectivity index (χ1n) is 40.5. The predicted octanol–water partition coefficient (Wildman–Crippen LogP) is 17.2. The minimum atomic E-state index is -1.62. The zero-order valence-electron chi connectivity index (χ0n) is 61.0. The number of rotatable bonds is 73. The van der Waals surface area contributed by atoms with Gasteiger partial charge in [-0.3, -0.25) is 0 Å². The van der Waals surface area contributed by atoms with Crippen LogP contribution in [0.15, 0.2) is 0 Å². The molecule has 562 valence electrons. The van der Waals surface area contributed by atoms with E-state index in [9.17, 15) is 40.9 Å². The summed E-state index contributed by atoms with van der Waals surface area (Å²) < 4.78 is 44.8. The maximum atomic E-state index is 10.7. The van der Waals surface area contributed by atoms with Crippen molar-refractivity contribution in [2.75, 3.05) is 52.9 Å². The zero-order chi connectivity index (χ0) is 67.8. The summed E-state index contributed by atoms with van der Waals surface area (Å²) in [6.07, 6.45) is 57.1. The van der Waals surface area contributed by atoms with E-state index in [0.717, 1.165) is 38.5 Å². The smallest absolute Gasteiger partial charge is 0.186 e. The summed E-state index contributed by atoms with van der Waals surface area (Å²) in [4.78, 5) is 0. The van der Waals surface area contributed by atoms with Crippen LogP contribution in [0.5, 0.6) is 0 Å². The van der Waals surface area contributed by atoms with E-state index in [0.29, 0.717) is 13.2 Å². The van der Waals surface area contributed by atoms with E-state index in [-0.39, 0.29) is 39.6 Å². The van der Waals surface area contributed by atoms with Gasteiger partial charge >= 0.3 is 0 Å². The van der Waals surface area contributed by atoms with Gasteiger partial charge in [0.1, 0.15) is 48.8 Å². The Bertz CT molecular complexity index is 1410. The van der Waals surface area contributed by atoms with E-state index in [2.05, 4.69) is 13.8 Å². The van der Waals surface area contributed by atoms with Gasteiger partial charge in [0.2, 0.25) is 0 Å². The molecule has 0 radical (unpaired) electrons. The normalized spacial score (nSPS) is 22.4. The van der Waals surface area contributed by atoms with Crippen LogP contribution in [-0.2, 0) is 37.9 Å². The first-order chi connectivity index (χ1) is 46.1. The molecule has 16 heteroatoms. The molecule has 2 fully saturated rings. The SMILES string of the molecule is CCCCCCCCCCCCCCCCCCCCCCCCCCCCCCO[C@@H]1O[C@H](C(O)OCCOCCOCCOC(O)[C@H]2O[C@@H](OCCCCCCCCCCCCCCCCCCCCCCCCCCCCCC)[C@H](O)[C@@H](O)[C@@H]2O)[C@@H](O)[C@H](O)[C@H]1O. The van der Waals surface area contributed by atoms with Crippen molar-refractivity contribution in [2.24, 2.45) is 0 Å². The van der Waals surface area contributed by atoms with Crippen molar-refractivity contribution in [3.63, 3.8) is 0 Å². The van der Waals surface area contributed by atoms with Crippen LogP contribution >= 0.6 is 0 Å². The van der Waals surface area contributed by atoms with E-state index in [1.165, 1.54) is 321 Å². The van der Waals surface area contributed by atoms with Gasteiger partial charge in [-0.25, -0.2) is 0 Å². The third kappa shape index (κ3) is 49.8. The first kappa shape index (κ1) is 89.4. The molecule has 2 rings (SSSR count). The van der Waals surface area contributed by atoms with Crippen LogP contribution in [0.2, 0.25) is 0 Å². The van der Waals surface area contributed by atoms with Crippen molar-refractivity contribution >= 4 is 0 Å². The first-order valence-corrected chi connectivity index (χ1v) is 40.5. The lowest BCUT2D eigenvalue weighted by molar-refractivity contribution is -0.334. The van der Waals surface area contributed by atoms with Crippen LogP contribution in [-0.4, -0.2) is 168 Å². The maximum Gasteiger partial charge on any atom is 0.186 e. The Labute approximate surface area is 576 Å². The van der Waals surface area contributed by atoms with Gasteiger partial charge in [-0.05, 0) is 12.8 Å². The Kier molecular flexibility index (Phi) is 63.6. The molecule has 2 aliphatic heterocycles. The number of aliphatic hydroxyl groups excluding tert-OH is 8. The molecule has 16 nitrogen and oxygen atoms in total. The average Bonchev–Trinajstić information content (AvgIpc) is 1.50. The van der Waals surface area contributed by atoms with Crippen LogP contribution in [0, 0.1) is 0 Å².